The van der Waals surface area contributed by atoms with Crippen molar-refractivity contribution in [1.29, 1.82) is 0 Å². The van der Waals surface area contributed by atoms with Crippen LogP contribution in [0, 0.1) is 48.2 Å². The molecule has 31 heavy (non-hydrogen) atoms. The summed E-state index contributed by atoms with van der Waals surface area (Å²) in [6.45, 7) is 4.14. The van der Waals surface area contributed by atoms with Crippen molar-refractivity contribution in [3.63, 3.8) is 0 Å². The molecule has 0 bridgehead atoms. The lowest BCUT2D eigenvalue weighted by molar-refractivity contribution is -0.144. The number of aryl methyl sites for hydroxylation is 1. The molecule has 3 fully saturated rings. The van der Waals surface area contributed by atoms with E-state index in [-0.39, 0.29) is 17.6 Å². The Labute approximate surface area is 188 Å². The standard InChI is InChI=1S/C28H41FO2/c1-3-4-6-20-10-12-21(13-11-20)22-14-15-24-23(18-22)7-5-8-25(24)28(30)31-27-16-9-19(2)17-26(27)29/h9,16-17,20-25H,3-8,10-15,18H2,1-2H3. The molecule has 3 aliphatic carbocycles. The molecule has 0 spiro atoms. The van der Waals surface area contributed by atoms with Crippen LogP contribution in [0.1, 0.15) is 96.0 Å². The first kappa shape index (κ1) is 22.8. The third kappa shape index (κ3) is 5.52. The summed E-state index contributed by atoms with van der Waals surface area (Å²) in [4.78, 5) is 13.0. The first-order chi connectivity index (χ1) is 15.0. The normalized spacial score (nSPS) is 33.5. The van der Waals surface area contributed by atoms with Crippen molar-refractivity contribution in [3.8, 4) is 5.75 Å². The van der Waals surface area contributed by atoms with Crippen molar-refractivity contribution in [1.82, 2.24) is 0 Å². The number of benzene rings is 1. The van der Waals surface area contributed by atoms with Gasteiger partial charge in [0, 0.05) is 0 Å². The molecule has 4 unspecified atom stereocenters. The van der Waals surface area contributed by atoms with E-state index in [0.29, 0.717) is 11.8 Å². The summed E-state index contributed by atoms with van der Waals surface area (Å²) in [5.74, 6) is 3.24. The SMILES string of the molecule is CCCCC1CCC(C2CCC3C(CCCC3C(=O)Oc3ccc(C)cc3F)C2)CC1. The Balaban J connectivity index is 1.31. The van der Waals surface area contributed by atoms with Crippen molar-refractivity contribution < 1.29 is 13.9 Å². The molecule has 0 aliphatic heterocycles. The van der Waals surface area contributed by atoms with Gasteiger partial charge < -0.3 is 4.74 Å². The molecule has 1 aromatic carbocycles. The topological polar surface area (TPSA) is 26.3 Å². The van der Waals surface area contributed by atoms with Crippen LogP contribution in [0.2, 0.25) is 0 Å². The minimum Gasteiger partial charge on any atom is -0.423 e. The molecule has 3 saturated carbocycles. The molecule has 4 rings (SSSR count). The van der Waals surface area contributed by atoms with Crippen LogP contribution in [0.4, 0.5) is 4.39 Å². The van der Waals surface area contributed by atoms with Gasteiger partial charge in [-0.1, -0.05) is 57.9 Å². The summed E-state index contributed by atoms with van der Waals surface area (Å²) in [7, 11) is 0. The zero-order chi connectivity index (χ0) is 21.8. The lowest BCUT2D eigenvalue weighted by atomic mass is 9.59. The summed E-state index contributed by atoms with van der Waals surface area (Å²) >= 11 is 0. The molecule has 0 amide bonds. The fraction of sp³-hybridized carbons (Fsp3) is 0.750. The third-order valence-electron chi connectivity index (χ3n) is 8.81. The quantitative estimate of drug-likeness (QED) is 0.340. The van der Waals surface area contributed by atoms with E-state index < -0.39 is 5.82 Å². The summed E-state index contributed by atoms with van der Waals surface area (Å²) in [6.07, 6.45) is 16.9. The highest BCUT2D eigenvalue weighted by molar-refractivity contribution is 5.75. The number of ether oxygens (including phenoxy) is 1. The van der Waals surface area contributed by atoms with Crippen LogP contribution in [0.15, 0.2) is 18.2 Å². The van der Waals surface area contributed by atoms with Crippen LogP contribution in [0.25, 0.3) is 0 Å². The Morgan fingerprint density at radius 3 is 2.52 bits per heavy atom. The Kier molecular flexibility index (Phi) is 7.72. The minimum absolute atomic E-state index is 0.0508. The van der Waals surface area contributed by atoms with Crippen LogP contribution < -0.4 is 4.74 Å². The van der Waals surface area contributed by atoms with Crippen LogP contribution in [0.5, 0.6) is 5.75 Å². The zero-order valence-corrected chi connectivity index (χ0v) is 19.6. The summed E-state index contributed by atoms with van der Waals surface area (Å²) in [5, 5.41) is 0. The van der Waals surface area contributed by atoms with E-state index in [0.717, 1.165) is 42.6 Å². The van der Waals surface area contributed by atoms with Gasteiger partial charge in [-0.15, -0.1) is 0 Å². The molecule has 0 saturated heterocycles. The van der Waals surface area contributed by atoms with Crippen molar-refractivity contribution in [2.45, 2.75) is 97.3 Å². The van der Waals surface area contributed by atoms with E-state index in [1.807, 2.05) is 6.92 Å². The number of fused-ring (bicyclic) bond motifs is 1. The van der Waals surface area contributed by atoms with Gasteiger partial charge in [-0.3, -0.25) is 4.79 Å². The highest BCUT2D eigenvalue weighted by Gasteiger charge is 2.43. The first-order valence-corrected chi connectivity index (χ1v) is 13.0. The van der Waals surface area contributed by atoms with Crippen molar-refractivity contribution >= 4 is 5.97 Å². The van der Waals surface area contributed by atoms with E-state index in [2.05, 4.69) is 6.92 Å². The number of hydrogen-bond donors (Lipinski definition) is 0. The van der Waals surface area contributed by atoms with Crippen molar-refractivity contribution in [2.75, 3.05) is 0 Å². The molecule has 4 atom stereocenters. The van der Waals surface area contributed by atoms with Crippen LogP contribution in [-0.2, 0) is 4.79 Å². The Hall–Kier alpha value is -1.38. The molecule has 2 nitrogen and oxygen atoms in total. The van der Waals surface area contributed by atoms with Gasteiger partial charge in [-0.2, -0.15) is 0 Å². The van der Waals surface area contributed by atoms with E-state index in [1.54, 1.807) is 12.1 Å². The van der Waals surface area contributed by atoms with Crippen molar-refractivity contribution in [3.05, 3.63) is 29.6 Å². The van der Waals surface area contributed by atoms with Crippen LogP contribution in [-0.4, -0.2) is 5.97 Å². The predicted octanol–water partition coefficient (Wildman–Crippen LogP) is 7.87. The second-order valence-corrected chi connectivity index (χ2v) is 10.8. The number of hydrogen-bond acceptors (Lipinski definition) is 2. The highest BCUT2D eigenvalue weighted by atomic mass is 19.1. The maximum absolute atomic E-state index is 14.2. The molecule has 1 aromatic rings. The fourth-order valence-corrected chi connectivity index (χ4v) is 7.03. The molecule has 172 valence electrons. The van der Waals surface area contributed by atoms with Crippen LogP contribution in [0.3, 0.4) is 0 Å². The second kappa shape index (κ2) is 10.5. The maximum Gasteiger partial charge on any atom is 0.314 e. The number of esters is 1. The number of carbonyl (C=O) groups is 1. The van der Waals surface area contributed by atoms with E-state index in [9.17, 15) is 9.18 Å². The van der Waals surface area contributed by atoms with Gasteiger partial charge in [0.1, 0.15) is 0 Å². The Morgan fingerprint density at radius 2 is 1.77 bits per heavy atom. The monoisotopic (exact) mass is 428 g/mol. The Bertz CT molecular complexity index is 737. The summed E-state index contributed by atoms with van der Waals surface area (Å²) in [5.41, 5.74) is 0.841. The third-order valence-corrected chi connectivity index (χ3v) is 8.81. The molecule has 0 heterocycles. The molecule has 3 aliphatic rings. The Morgan fingerprint density at radius 1 is 1.00 bits per heavy atom. The van der Waals surface area contributed by atoms with E-state index >= 15 is 0 Å². The van der Waals surface area contributed by atoms with E-state index in [4.69, 9.17) is 4.74 Å². The van der Waals surface area contributed by atoms with Gasteiger partial charge in [-0.25, -0.2) is 4.39 Å². The number of carbonyl (C=O) groups excluding carboxylic acids is 1. The number of rotatable bonds is 6. The molecular formula is C28H41FO2. The summed E-state index contributed by atoms with van der Waals surface area (Å²) < 4.78 is 19.7. The van der Waals surface area contributed by atoms with Gasteiger partial charge in [-0.05, 0) is 92.7 Å². The molecule has 0 N–H and O–H groups in total. The number of unbranched alkanes of at least 4 members (excludes halogenated alkanes) is 1. The van der Waals surface area contributed by atoms with Gasteiger partial charge in [0.15, 0.2) is 11.6 Å². The smallest absolute Gasteiger partial charge is 0.314 e. The first-order valence-electron chi connectivity index (χ1n) is 13.0. The molecule has 3 heteroatoms. The fourth-order valence-electron chi connectivity index (χ4n) is 7.03. The number of halogens is 1. The van der Waals surface area contributed by atoms with Gasteiger partial charge in [0.25, 0.3) is 0 Å². The lowest BCUT2D eigenvalue weighted by Gasteiger charge is -2.46. The highest BCUT2D eigenvalue weighted by Crippen LogP contribution is 2.50. The van der Waals surface area contributed by atoms with Gasteiger partial charge in [0.2, 0.25) is 0 Å². The maximum atomic E-state index is 14.2. The average molecular weight is 429 g/mol. The van der Waals surface area contributed by atoms with Crippen LogP contribution >= 0.6 is 0 Å². The van der Waals surface area contributed by atoms with Gasteiger partial charge >= 0.3 is 5.97 Å². The zero-order valence-electron chi connectivity index (χ0n) is 19.6. The van der Waals surface area contributed by atoms with E-state index in [1.165, 1.54) is 70.3 Å². The lowest BCUT2D eigenvalue weighted by Crippen LogP contribution is -2.40. The molecule has 0 radical (unpaired) electrons. The van der Waals surface area contributed by atoms with Crippen molar-refractivity contribution in [2.24, 2.45) is 35.5 Å². The summed E-state index contributed by atoms with van der Waals surface area (Å²) in [6, 6.07) is 4.84. The predicted molar refractivity (Wildman–Crippen MR) is 123 cm³/mol. The molecular weight excluding hydrogens is 387 g/mol. The molecule has 0 aromatic heterocycles. The van der Waals surface area contributed by atoms with Gasteiger partial charge in [0.05, 0.1) is 5.92 Å². The largest absolute Gasteiger partial charge is 0.423 e. The average Bonchev–Trinajstić information content (AvgIpc) is 2.79. The second-order valence-electron chi connectivity index (χ2n) is 10.8. The minimum atomic E-state index is -0.432.